The number of hydrogen-bond acceptors (Lipinski definition) is 4. The zero-order chi connectivity index (χ0) is 14.5. The molecule has 20 heavy (non-hydrogen) atoms. The van der Waals surface area contributed by atoms with E-state index in [9.17, 15) is 10.1 Å². The van der Waals surface area contributed by atoms with Gasteiger partial charge in [-0.1, -0.05) is 12.1 Å². The van der Waals surface area contributed by atoms with Crippen LogP contribution in [0.2, 0.25) is 0 Å². The molecule has 2 rings (SSSR count). The minimum atomic E-state index is -0.402. The second kappa shape index (κ2) is 5.85. The molecular weight excluding hydrogens is 256 g/mol. The monoisotopic (exact) mass is 268 g/mol. The molecule has 0 heterocycles. The van der Waals surface area contributed by atoms with Crippen LogP contribution in [0.5, 0.6) is 5.75 Å². The molecular formula is C15H12N2O3. The number of nitriles is 1. The van der Waals surface area contributed by atoms with E-state index < -0.39 is 4.92 Å². The molecule has 0 atom stereocenters. The maximum atomic E-state index is 10.9. The van der Waals surface area contributed by atoms with Crippen molar-refractivity contribution < 1.29 is 9.66 Å². The van der Waals surface area contributed by atoms with E-state index in [1.54, 1.807) is 43.3 Å². The predicted molar refractivity (Wildman–Crippen MR) is 73.3 cm³/mol. The molecule has 0 aliphatic carbocycles. The highest BCUT2D eigenvalue weighted by Gasteiger charge is 2.13. The quantitative estimate of drug-likeness (QED) is 0.629. The van der Waals surface area contributed by atoms with Gasteiger partial charge in [-0.05, 0) is 36.8 Å². The van der Waals surface area contributed by atoms with Crippen molar-refractivity contribution in [3.05, 3.63) is 69.3 Å². The average molecular weight is 268 g/mol. The Bertz CT molecular complexity index is 673. The number of nitrogens with zero attached hydrogens (tertiary/aromatic N) is 2. The van der Waals surface area contributed by atoms with Gasteiger partial charge in [0.1, 0.15) is 12.4 Å². The van der Waals surface area contributed by atoms with E-state index in [0.717, 1.165) is 5.56 Å². The normalized spacial score (nSPS) is 9.80. The zero-order valence-electron chi connectivity index (χ0n) is 10.9. The SMILES string of the molecule is Cc1c(COc2ccc(C#N)cc2)cccc1[N+](=O)[O-]. The third kappa shape index (κ3) is 2.93. The Morgan fingerprint density at radius 3 is 2.55 bits per heavy atom. The number of rotatable bonds is 4. The van der Waals surface area contributed by atoms with Crippen LogP contribution in [-0.4, -0.2) is 4.92 Å². The minimum Gasteiger partial charge on any atom is -0.489 e. The van der Waals surface area contributed by atoms with Crippen LogP contribution in [0.3, 0.4) is 0 Å². The highest BCUT2D eigenvalue weighted by atomic mass is 16.6. The van der Waals surface area contributed by atoms with Crippen molar-refractivity contribution in [2.75, 3.05) is 0 Å². The van der Waals surface area contributed by atoms with Crippen LogP contribution in [-0.2, 0) is 6.61 Å². The standard InChI is InChI=1S/C15H12N2O3/c1-11-13(3-2-4-15(11)17(18)19)10-20-14-7-5-12(9-16)6-8-14/h2-8H,10H2,1H3. The van der Waals surface area contributed by atoms with Gasteiger partial charge in [0, 0.05) is 11.6 Å². The van der Waals surface area contributed by atoms with E-state index >= 15 is 0 Å². The third-order valence-electron chi connectivity index (χ3n) is 2.99. The number of ether oxygens (including phenoxy) is 1. The number of nitro benzene ring substituents is 1. The fraction of sp³-hybridized carbons (Fsp3) is 0.133. The average Bonchev–Trinajstić information content (AvgIpc) is 2.46. The van der Waals surface area contributed by atoms with Crippen molar-refractivity contribution in [1.82, 2.24) is 0 Å². The molecule has 0 spiro atoms. The Hall–Kier alpha value is -2.87. The first-order valence-electron chi connectivity index (χ1n) is 5.97. The van der Waals surface area contributed by atoms with Gasteiger partial charge < -0.3 is 4.74 Å². The smallest absolute Gasteiger partial charge is 0.272 e. The van der Waals surface area contributed by atoms with E-state index in [1.165, 1.54) is 6.07 Å². The summed E-state index contributed by atoms with van der Waals surface area (Å²) >= 11 is 0. The molecule has 0 fully saturated rings. The molecule has 2 aromatic rings. The van der Waals surface area contributed by atoms with Crippen molar-refractivity contribution in [1.29, 1.82) is 5.26 Å². The Balaban J connectivity index is 2.13. The van der Waals surface area contributed by atoms with E-state index in [1.807, 2.05) is 6.07 Å². The molecule has 0 aliphatic rings. The molecule has 0 unspecified atom stereocenters. The van der Waals surface area contributed by atoms with E-state index in [-0.39, 0.29) is 12.3 Å². The molecule has 0 bridgehead atoms. The first-order chi connectivity index (χ1) is 9.61. The molecule has 0 aromatic heterocycles. The summed E-state index contributed by atoms with van der Waals surface area (Å²) < 4.78 is 5.58. The van der Waals surface area contributed by atoms with Crippen molar-refractivity contribution in [3.8, 4) is 11.8 Å². The second-order valence-electron chi connectivity index (χ2n) is 4.24. The number of benzene rings is 2. The van der Waals surface area contributed by atoms with Crippen molar-refractivity contribution in [3.63, 3.8) is 0 Å². The largest absolute Gasteiger partial charge is 0.489 e. The third-order valence-corrected chi connectivity index (χ3v) is 2.99. The van der Waals surface area contributed by atoms with E-state index in [2.05, 4.69) is 0 Å². The number of hydrogen-bond donors (Lipinski definition) is 0. The van der Waals surface area contributed by atoms with Gasteiger partial charge in [0.15, 0.2) is 0 Å². The summed E-state index contributed by atoms with van der Waals surface area (Å²) in [6, 6.07) is 13.7. The van der Waals surface area contributed by atoms with Crippen molar-refractivity contribution in [2.24, 2.45) is 0 Å². The van der Waals surface area contributed by atoms with Crippen LogP contribution in [0.25, 0.3) is 0 Å². The van der Waals surface area contributed by atoms with E-state index in [0.29, 0.717) is 16.9 Å². The van der Waals surface area contributed by atoms with Crippen LogP contribution in [0.15, 0.2) is 42.5 Å². The van der Waals surface area contributed by atoms with Gasteiger partial charge in [-0.2, -0.15) is 5.26 Å². The summed E-state index contributed by atoms with van der Waals surface area (Å²) in [4.78, 5) is 10.5. The lowest BCUT2D eigenvalue weighted by molar-refractivity contribution is -0.385. The van der Waals surface area contributed by atoms with Crippen LogP contribution < -0.4 is 4.74 Å². The highest BCUT2D eigenvalue weighted by Crippen LogP contribution is 2.22. The summed E-state index contributed by atoms with van der Waals surface area (Å²) in [6.45, 7) is 1.95. The van der Waals surface area contributed by atoms with Gasteiger partial charge in [-0.15, -0.1) is 0 Å². The minimum absolute atomic E-state index is 0.0888. The van der Waals surface area contributed by atoms with Crippen LogP contribution >= 0.6 is 0 Å². The molecule has 0 N–H and O–H groups in total. The molecule has 0 aliphatic heterocycles. The Morgan fingerprint density at radius 2 is 1.95 bits per heavy atom. The fourth-order valence-corrected chi connectivity index (χ4v) is 1.81. The van der Waals surface area contributed by atoms with Crippen LogP contribution in [0, 0.1) is 28.4 Å². The molecule has 2 aromatic carbocycles. The Morgan fingerprint density at radius 1 is 1.25 bits per heavy atom. The first-order valence-corrected chi connectivity index (χ1v) is 5.97. The molecule has 0 saturated heterocycles. The second-order valence-corrected chi connectivity index (χ2v) is 4.24. The Labute approximate surface area is 116 Å². The van der Waals surface area contributed by atoms with Crippen molar-refractivity contribution in [2.45, 2.75) is 13.5 Å². The summed E-state index contributed by atoms with van der Waals surface area (Å²) in [5.41, 5.74) is 2.02. The summed E-state index contributed by atoms with van der Waals surface area (Å²) in [6.07, 6.45) is 0. The maximum Gasteiger partial charge on any atom is 0.272 e. The predicted octanol–water partition coefficient (Wildman–Crippen LogP) is 3.35. The lowest BCUT2D eigenvalue weighted by atomic mass is 10.1. The van der Waals surface area contributed by atoms with Crippen LogP contribution in [0.4, 0.5) is 5.69 Å². The van der Waals surface area contributed by atoms with Gasteiger partial charge in [-0.25, -0.2) is 0 Å². The molecule has 5 heteroatoms. The van der Waals surface area contributed by atoms with Crippen LogP contribution in [0.1, 0.15) is 16.7 Å². The summed E-state index contributed by atoms with van der Waals surface area (Å²) in [7, 11) is 0. The summed E-state index contributed by atoms with van der Waals surface area (Å²) in [5.74, 6) is 0.620. The van der Waals surface area contributed by atoms with Gasteiger partial charge in [0.25, 0.3) is 5.69 Å². The van der Waals surface area contributed by atoms with Gasteiger partial charge >= 0.3 is 0 Å². The topological polar surface area (TPSA) is 76.2 Å². The van der Waals surface area contributed by atoms with Gasteiger partial charge in [-0.3, -0.25) is 10.1 Å². The molecule has 0 amide bonds. The molecule has 0 radical (unpaired) electrons. The molecule has 100 valence electrons. The lowest BCUT2D eigenvalue weighted by Gasteiger charge is -2.08. The molecule has 0 saturated carbocycles. The van der Waals surface area contributed by atoms with Gasteiger partial charge in [0.2, 0.25) is 0 Å². The first kappa shape index (κ1) is 13.6. The Kier molecular flexibility index (Phi) is 3.96. The lowest BCUT2D eigenvalue weighted by Crippen LogP contribution is -2.01. The fourth-order valence-electron chi connectivity index (χ4n) is 1.81. The number of nitro groups is 1. The van der Waals surface area contributed by atoms with Crippen molar-refractivity contribution >= 4 is 5.69 Å². The molecule has 5 nitrogen and oxygen atoms in total. The zero-order valence-corrected chi connectivity index (χ0v) is 10.9. The maximum absolute atomic E-state index is 10.9. The summed E-state index contributed by atoms with van der Waals surface area (Å²) in [5, 5.41) is 19.6. The van der Waals surface area contributed by atoms with E-state index in [4.69, 9.17) is 10.00 Å². The van der Waals surface area contributed by atoms with Gasteiger partial charge in [0.05, 0.1) is 16.6 Å². The highest BCUT2D eigenvalue weighted by molar-refractivity contribution is 5.44.